The molecule has 2 aromatic rings. The predicted octanol–water partition coefficient (Wildman–Crippen LogP) is 5.72. The number of ether oxygens (including phenoxy) is 3. The predicted molar refractivity (Wildman–Crippen MR) is 152 cm³/mol. The second-order valence-corrected chi connectivity index (χ2v) is 10.7. The van der Waals surface area contributed by atoms with Gasteiger partial charge in [-0.05, 0) is 42.4 Å². The van der Waals surface area contributed by atoms with Crippen LogP contribution in [-0.4, -0.2) is 61.8 Å². The molecule has 0 fully saturated rings. The minimum absolute atomic E-state index is 0.0618. The van der Waals surface area contributed by atoms with Crippen LogP contribution in [0, 0.1) is 11.8 Å². The molecule has 4 aliphatic rings. The zero-order valence-electron chi connectivity index (χ0n) is 22.8. The maximum atomic E-state index is 12.7. The molecule has 0 aromatic heterocycles. The van der Waals surface area contributed by atoms with E-state index in [-0.39, 0.29) is 22.5 Å². The molecule has 2 aromatic carbocycles. The zero-order chi connectivity index (χ0) is 27.5. The molecule has 7 nitrogen and oxygen atoms in total. The first-order valence-corrected chi connectivity index (χ1v) is 14.1. The van der Waals surface area contributed by atoms with Crippen molar-refractivity contribution in [2.75, 3.05) is 40.1 Å². The molecule has 40 heavy (non-hydrogen) atoms. The van der Waals surface area contributed by atoms with Gasteiger partial charge in [0.2, 0.25) is 0 Å². The number of benzene rings is 2. The van der Waals surface area contributed by atoms with Crippen LogP contribution in [0.3, 0.4) is 0 Å². The molecular formula is C33H36NO6+. The summed E-state index contributed by atoms with van der Waals surface area (Å²) in [5, 5.41) is 12.6. The summed E-state index contributed by atoms with van der Waals surface area (Å²) in [5.41, 5.74) is 2.63. The standard InChI is InChI=1S/C33H35NO6/c1-37-34-21-24-20-25(22-34)39-19-18-38-16-6-14-30(33(35)36)28(29-12-5-11-27(24)32(29)34)13-7-17-40-31-15-4-9-23-8-2-3-10-26(23)31/h2-5,8-12,14-15,20-21,27-28,32H,6-7,13,16-19,22H2,1H3/p+1/b30-14+. The van der Waals surface area contributed by atoms with E-state index in [4.69, 9.17) is 19.0 Å². The van der Waals surface area contributed by atoms with Crippen LogP contribution in [0.4, 0.5) is 0 Å². The summed E-state index contributed by atoms with van der Waals surface area (Å²) in [6, 6.07) is 14.2. The largest absolute Gasteiger partial charge is 0.493 e. The van der Waals surface area contributed by atoms with Gasteiger partial charge in [0.05, 0.1) is 32.8 Å². The topological polar surface area (TPSA) is 74.2 Å². The van der Waals surface area contributed by atoms with Crippen molar-refractivity contribution in [3.63, 3.8) is 0 Å². The van der Waals surface area contributed by atoms with Crippen LogP contribution in [0.15, 0.2) is 102 Å². The van der Waals surface area contributed by atoms with E-state index < -0.39 is 5.97 Å². The molecule has 0 saturated carbocycles. The van der Waals surface area contributed by atoms with Crippen LogP contribution in [-0.2, 0) is 19.1 Å². The fraction of sp³-hybridized carbons (Fsp3) is 0.364. The Kier molecular flexibility index (Phi) is 7.61. The van der Waals surface area contributed by atoms with Gasteiger partial charge >= 0.3 is 5.97 Å². The monoisotopic (exact) mass is 542 g/mol. The van der Waals surface area contributed by atoms with Crippen LogP contribution in [0.2, 0.25) is 0 Å². The number of nitrogens with zero attached hydrogens (tertiary/aromatic N) is 1. The quantitative estimate of drug-likeness (QED) is 0.357. The van der Waals surface area contributed by atoms with Crippen LogP contribution in [0.5, 0.6) is 5.75 Å². The average Bonchev–Trinajstić information content (AvgIpc) is 3.21. The highest BCUT2D eigenvalue weighted by Gasteiger charge is 2.56. The Morgan fingerprint density at radius 3 is 2.88 bits per heavy atom. The first kappa shape index (κ1) is 26.6. The molecule has 0 amide bonds. The Balaban J connectivity index is 1.30. The lowest BCUT2D eigenvalue weighted by Gasteiger charge is -2.40. The molecule has 1 aliphatic carbocycles. The number of carbonyl (C=O) groups is 1. The number of carboxylic acids is 1. The number of carboxylic acid groups (broad SMARTS) is 1. The van der Waals surface area contributed by atoms with Crippen LogP contribution < -0.4 is 4.74 Å². The number of hydrogen-bond donors (Lipinski definition) is 1. The highest BCUT2D eigenvalue weighted by atomic mass is 16.7. The first-order valence-electron chi connectivity index (χ1n) is 14.1. The fourth-order valence-corrected chi connectivity index (χ4v) is 6.63. The molecule has 208 valence electrons. The summed E-state index contributed by atoms with van der Waals surface area (Å²) in [7, 11) is 1.72. The lowest BCUT2D eigenvalue weighted by Crippen LogP contribution is -2.53. The molecule has 4 atom stereocenters. The van der Waals surface area contributed by atoms with Gasteiger partial charge in [-0.15, -0.1) is 4.65 Å². The van der Waals surface area contributed by atoms with E-state index in [9.17, 15) is 9.90 Å². The van der Waals surface area contributed by atoms with E-state index in [1.54, 1.807) is 7.11 Å². The third-order valence-corrected chi connectivity index (χ3v) is 8.39. The van der Waals surface area contributed by atoms with Crippen molar-refractivity contribution in [2.45, 2.75) is 25.3 Å². The Morgan fingerprint density at radius 2 is 2.00 bits per heavy atom. The van der Waals surface area contributed by atoms with Gasteiger partial charge in [0.25, 0.3) is 0 Å². The van der Waals surface area contributed by atoms with E-state index in [0.717, 1.165) is 33.4 Å². The van der Waals surface area contributed by atoms with Crippen molar-refractivity contribution in [3.8, 4) is 5.75 Å². The Labute approximate surface area is 234 Å². The highest BCUT2D eigenvalue weighted by molar-refractivity contribution is 5.88. The summed E-state index contributed by atoms with van der Waals surface area (Å²) in [6.07, 6.45) is 14.4. The fourth-order valence-electron chi connectivity index (χ4n) is 6.63. The Morgan fingerprint density at radius 1 is 1.12 bits per heavy atom. The van der Waals surface area contributed by atoms with Crippen molar-refractivity contribution < 1.29 is 33.6 Å². The van der Waals surface area contributed by atoms with Crippen LogP contribution >= 0.6 is 0 Å². The smallest absolute Gasteiger partial charge is 0.331 e. The van der Waals surface area contributed by atoms with Crippen molar-refractivity contribution >= 4 is 16.7 Å². The first-order chi connectivity index (χ1) is 19.6. The van der Waals surface area contributed by atoms with E-state index in [0.29, 0.717) is 57.8 Å². The molecule has 4 unspecified atom stereocenters. The summed E-state index contributed by atoms with van der Waals surface area (Å²) in [5.74, 6) is 0.622. The van der Waals surface area contributed by atoms with Gasteiger partial charge in [0, 0.05) is 22.5 Å². The summed E-state index contributed by atoms with van der Waals surface area (Å²) < 4.78 is 18.4. The molecule has 7 heteroatoms. The maximum absolute atomic E-state index is 12.7. The number of allylic oxidation sites excluding steroid dienone is 3. The van der Waals surface area contributed by atoms with E-state index in [2.05, 4.69) is 48.7 Å². The second-order valence-electron chi connectivity index (χ2n) is 10.7. The number of hydrogen-bond acceptors (Lipinski definition) is 5. The Bertz CT molecular complexity index is 1430. The zero-order valence-corrected chi connectivity index (χ0v) is 22.8. The van der Waals surface area contributed by atoms with Crippen molar-refractivity contribution in [3.05, 3.63) is 102 Å². The molecule has 0 saturated heterocycles. The van der Waals surface area contributed by atoms with Crippen LogP contribution in [0.25, 0.3) is 10.8 Å². The second kappa shape index (κ2) is 11.5. The Hall–Kier alpha value is -3.65. The minimum atomic E-state index is -0.891. The number of hydroxylamine groups is 3. The number of fused-ring (bicyclic) bond motifs is 3. The minimum Gasteiger partial charge on any atom is -0.493 e. The molecule has 3 bridgehead atoms. The number of aliphatic carboxylic acids is 1. The van der Waals surface area contributed by atoms with E-state index in [1.165, 1.54) is 0 Å². The van der Waals surface area contributed by atoms with Gasteiger partial charge in [0.1, 0.15) is 18.6 Å². The summed E-state index contributed by atoms with van der Waals surface area (Å²) in [4.78, 5) is 18.9. The maximum Gasteiger partial charge on any atom is 0.331 e. The normalized spacial score (nSPS) is 29.0. The average molecular weight is 543 g/mol. The third kappa shape index (κ3) is 5.01. The van der Waals surface area contributed by atoms with Gasteiger partial charge in [0.15, 0.2) is 18.3 Å². The van der Waals surface area contributed by atoms with Gasteiger partial charge < -0.3 is 19.3 Å². The summed E-state index contributed by atoms with van der Waals surface area (Å²) in [6.45, 7) is 2.39. The van der Waals surface area contributed by atoms with Gasteiger partial charge in [-0.25, -0.2) is 9.63 Å². The molecular weight excluding hydrogens is 506 g/mol. The molecule has 0 radical (unpaired) electrons. The van der Waals surface area contributed by atoms with Gasteiger partial charge in [-0.1, -0.05) is 60.7 Å². The lowest BCUT2D eigenvalue weighted by atomic mass is 9.75. The number of quaternary nitrogens is 1. The van der Waals surface area contributed by atoms with Crippen molar-refractivity contribution in [1.29, 1.82) is 0 Å². The van der Waals surface area contributed by atoms with Crippen LogP contribution in [0.1, 0.15) is 19.3 Å². The SMILES string of the molecule is CO[N+]12C=C3C=C(C1)OCCOCC/C=C(/C(=O)O)C(CCCOc1cccc4ccccc14)C1=CC=CC3C12. The van der Waals surface area contributed by atoms with E-state index in [1.807, 2.05) is 30.3 Å². The van der Waals surface area contributed by atoms with Crippen molar-refractivity contribution in [2.24, 2.45) is 11.8 Å². The highest BCUT2D eigenvalue weighted by Crippen LogP contribution is 2.49. The molecule has 6 rings (SSSR count). The molecule has 0 spiro atoms. The van der Waals surface area contributed by atoms with Gasteiger partial charge in [-0.2, -0.15) is 0 Å². The molecule has 3 heterocycles. The van der Waals surface area contributed by atoms with Gasteiger partial charge in [-0.3, -0.25) is 0 Å². The number of rotatable bonds is 7. The lowest BCUT2D eigenvalue weighted by molar-refractivity contribution is -1.07. The van der Waals surface area contributed by atoms with Crippen molar-refractivity contribution in [1.82, 2.24) is 0 Å². The van der Waals surface area contributed by atoms with E-state index >= 15 is 0 Å². The summed E-state index contributed by atoms with van der Waals surface area (Å²) >= 11 is 0. The molecule has 3 aliphatic heterocycles. The third-order valence-electron chi connectivity index (χ3n) is 8.39. The molecule has 1 N–H and O–H groups in total.